The van der Waals surface area contributed by atoms with Crippen LogP contribution >= 0.6 is 0 Å². The average molecular weight is 781 g/mol. The summed E-state index contributed by atoms with van der Waals surface area (Å²) in [5.74, 6) is 0.904. The Hall–Kier alpha value is -1.77. The minimum absolute atomic E-state index is 0.00971. The van der Waals surface area contributed by atoms with Gasteiger partial charge in [0, 0.05) is 43.4 Å². The van der Waals surface area contributed by atoms with Crippen LogP contribution in [-0.2, 0) is 19.1 Å². The number of carboxylic acid groups (broad SMARTS) is 1. The summed E-state index contributed by atoms with van der Waals surface area (Å²) in [6.07, 6.45) is 14.1. The zero-order valence-corrected chi connectivity index (χ0v) is 37.4. The SMILES string of the molecule is CC(C)C1=C2[C@H]3CC[C@@H]4[C@@]5(C)CC[C@H](OC(=O)CC(C)(C)C(=O)O)C(C)(C)C5CC[C@@]4(C)[C@]3(C)CCC2(C(O)CN(CCN(C)C)CC2CCCCC2)CC1=O. The number of esters is 1. The van der Waals surface area contributed by atoms with Crippen molar-refractivity contribution in [2.45, 2.75) is 171 Å². The van der Waals surface area contributed by atoms with Crippen LogP contribution in [0.15, 0.2) is 11.1 Å². The maximum atomic E-state index is 14.3. The Morgan fingerprint density at radius 3 is 2.16 bits per heavy atom. The number of rotatable bonds is 13. The number of aliphatic hydroxyl groups is 1. The molecule has 0 aromatic carbocycles. The van der Waals surface area contributed by atoms with Crippen molar-refractivity contribution in [1.82, 2.24) is 9.80 Å². The molecule has 8 heteroatoms. The molecule has 5 fully saturated rings. The summed E-state index contributed by atoms with van der Waals surface area (Å²) in [7, 11) is 4.28. The maximum Gasteiger partial charge on any atom is 0.309 e. The van der Waals surface area contributed by atoms with Crippen molar-refractivity contribution in [1.29, 1.82) is 0 Å². The van der Waals surface area contributed by atoms with E-state index in [0.717, 1.165) is 76.6 Å². The Kier molecular flexibility index (Phi) is 12.3. The van der Waals surface area contributed by atoms with Crippen molar-refractivity contribution in [2.24, 2.45) is 62.1 Å². The van der Waals surface area contributed by atoms with Crippen LogP contribution < -0.4 is 0 Å². The summed E-state index contributed by atoms with van der Waals surface area (Å²) >= 11 is 0. The van der Waals surface area contributed by atoms with E-state index in [1.165, 1.54) is 37.7 Å². The van der Waals surface area contributed by atoms with Gasteiger partial charge in [-0.1, -0.05) is 73.3 Å². The van der Waals surface area contributed by atoms with E-state index in [4.69, 9.17) is 4.74 Å². The molecule has 5 saturated carbocycles. The molecule has 0 radical (unpaired) electrons. The lowest BCUT2D eigenvalue weighted by atomic mass is 9.33. The lowest BCUT2D eigenvalue weighted by Gasteiger charge is -2.72. The van der Waals surface area contributed by atoms with Gasteiger partial charge in [0.1, 0.15) is 6.10 Å². The molecule has 0 amide bonds. The number of aliphatic hydroxyl groups excluding tert-OH is 1. The molecule has 56 heavy (non-hydrogen) atoms. The number of likely N-dealkylation sites (N-methyl/N-ethyl adjacent to an activating group) is 1. The molecule has 0 saturated heterocycles. The zero-order valence-electron chi connectivity index (χ0n) is 37.4. The third-order valence-corrected chi connectivity index (χ3v) is 18.0. The standard InChI is InChI=1S/C48H80N2O6/c1-31(2)40-34(51)27-48(37(52)30-50(26-25-49(10)11)29-32-15-13-12-14-16-32)24-23-46(8)33(41(40)48)17-18-36-45(7)21-20-38(56-39(53)28-43(3,4)42(54)55)44(5,6)35(45)19-22-47(36,46)9/h31-33,35-38,52H,12-30H2,1-11H3,(H,54,55)/t33-,35?,36-,37?,38+,45+,46-,47-,48?/m1/s1. The third-order valence-electron chi connectivity index (χ3n) is 18.0. The molecule has 2 N–H and O–H groups in total. The highest BCUT2D eigenvalue weighted by Crippen LogP contribution is 2.77. The molecule has 0 aromatic rings. The number of allylic oxidation sites excluding steroid dienone is 1. The second kappa shape index (κ2) is 15.7. The van der Waals surface area contributed by atoms with E-state index in [1.54, 1.807) is 13.8 Å². The van der Waals surface area contributed by atoms with Gasteiger partial charge in [0.15, 0.2) is 5.78 Å². The lowest BCUT2D eigenvalue weighted by molar-refractivity contribution is -0.235. The molecule has 318 valence electrons. The van der Waals surface area contributed by atoms with E-state index in [0.29, 0.717) is 30.7 Å². The lowest BCUT2D eigenvalue weighted by Crippen LogP contribution is -2.66. The van der Waals surface area contributed by atoms with Gasteiger partial charge in [-0.3, -0.25) is 19.3 Å². The minimum Gasteiger partial charge on any atom is -0.481 e. The summed E-state index contributed by atoms with van der Waals surface area (Å²) in [6.45, 7) is 23.5. The van der Waals surface area contributed by atoms with Gasteiger partial charge in [0.2, 0.25) is 0 Å². The van der Waals surface area contributed by atoms with Gasteiger partial charge < -0.3 is 19.8 Å². The molecular weight excluding hydrogens is 701 g/mol. The van der Waals surface area contributed by atoms with E-state index in [1.807, 2.05) is 0 Å². The van der Waals surface area contributed by atoms with E-state index >= 15 is 0 Å². The van der Waals surface area contributed by atoms with Gasteiger partial charge in [0.25, 0.3) is 0 Å². The van der Waals surface area contributed by atoms with E-state index < -0.39 is 28.9 Å². The van der Waals surface area contributed by atoms with Crippen molar-refractivity contribution in [3.05, 3.63) is 11.1 Å². The first-order chi connectivity index (χ1) is 26.0. The Bertz CT molecular complexity index is 1530. The highest BCUT2D eigenvalue weighted by molar-refractivity contribution is 6.00. The molecule has 0 spiro atoms. The number of aliphatic carboxylic acids is 1. The minimum atomic E-state index is -1.16. The normalized spacial score (nSPS) is 37.9. The first-order valence-electron chi connectivity index (χ1n) is 22.8. The Balaban J connectivity index is 1.27. The largest absolute Gasteiger partial charge is 0.481 e. The van der Waals surface area contributed by atoms with Gasteiger partial charge in [-0.25, -0.2) is 0 Å². The third kappa shape index (κ3) is 7.39. The Morgan fingerprint density at radius 1 is 0.857 bits per heavy atom. The van der Waals surface area contributed by atoms with Crippen LogP contribution in [0.1, 0.15) is 159 Å². The van der Waals surface area contributed by atoms with Crippen molar-refractivity contribution >= 4 is 17.7 Å². The van der Waals surface area contributed by atoms with Crippen LogP contribution in [0, 0.1) is 62.1 Å². The molecule has 6 rings (SSSR count). The van der Waals surface area contributed by atoms with Crippen LogP contribution in [-0.4, -0.2) is 90.2 Å². The van der Waals surface area contributed by atoms with Gasteiger partial charge in [-0.2, -0.15) is 0 Å². The number of nitrogens with zero attached hydrogens (tertiary/aromatic N) is 2. The Morgan fingerprint density at radius 2 is 1.54 bits per heavy atom. The van der Waals surface area contributed by atoms with Crippen LogP contribution in [0.2, 0.25) is 0 Å². The maximum absolute atomic E-state index is 14.3. The highest BCUT2D eigenvalue weighted by atomic mass is 16.5. The summed E-state index contributed by atoms with van der Waals surface area (Å²) in [4.78, 5) is 44.1. The number of carboxylic acids is 1. The molecule has 6 aliphatic rings. The zero-order chi connectivity index (χ0) is 41.2. The van der Waals surface area contributed by atoms with Gasteiger partial charge in [-0.15, -0.1) is 0 Å². The topological polar surface area (TPSA) is 107 Å². The van der Waals surface area contributed by atoms with Crippen molar-refractivity contribution in [3.8, 4) is 0 Å². The molecule has 0 bridgehead atoms. The fraction of sp³-hybridized carbons (Fsp3) is 0.896. The number of Topliss-reactive ketones (excluding diaryl/α,β-unsaturated/α-hetero) is 1. The number of carbonyl (C=O) groups is 3. The summed E-state index contributed by atoms with van der Waals surface area (Å²) in [6, 6.07) is 0. The second-order valence-corrected chi connectivity index (χ2v) is 22.6. The second-order valence-electron chi connectivity index (χ2n) is 22.6. The predicted octanol–water partition coefficient (Wildman–Crippen LogP) is 9.18. The molecule has 0 aromatic heterocycles. The van der Waals surface area contributed by atoms with Gasteiger partial charge in [0.05, 0.1) is 17.9 Å². The fourth-order valence-corrected chi connectivity index (χ4v) is 14.7. The average Bonchev–Trinajstić information content (AvgIpc) is 3.42. The first kappa shape index (κ1) is 43.8. The van der Waals surface area contributed by atoms with Crippen LogP contribution in [0.5, 0.6) is 0 Å². The number of fused-ring (bicyclic) bond motifs is 7. The number of hydrogen-bond donors (Lipinski definition) is 2. The molecule has 3 unspecified atom stereocenters. The number of ketones is 1. The molecular formula is C48H80N2O6. The van der Waals surface area contributed by atoms with E-state index in [-0.39, 0.29) is 51.8 Å². The predicted molar refractivity (Wildman–Crippen MR) is 223 cm³/mol. The quantitative estimate of drug-likeness (QED) is 0.178. The summed E-state index contributed by atoms with van der Waals surface area (Å²) in [5, 5.41) is 22.4. The fourth-order valence-electron chi connectivity index (χ4n) is 14.7. The smallest absolute Gasteiger partial charge is 0.309 e. The molecule has 0 heterocycles. The van der Waals surface area contributed by atoms with Crippen molar-refractivity contribution in [2.75, 3.05) is 40.3 Å². The van der Waals surface area contributed by atoms with Crippen LogP contribution in [0.3, 0.4) is 0 Å². The van der Waals surface area contributed by atoms with Gasteiger partial charge >= 0.3 is 11.9 Å². The summed E-state index contributed by atoms with van der Waals surface area (Å²) < 4.78 is 6.21. The van der Waals surface area contributed by atoms with Gasteiger partial charge in [-0.05, 0) is 144 Å². The van der Waals surface area contributed by atoms with Crippen LogP contribution in [0.4, 0.5) is 0 Å². The van der Waals surface area contributed by atoms with E-state index in [2.05, 4.69) is 72.4 Å². The monoisotopic (exact) mass is 781 g/mol. The first-order valence-corrected chi connectivity index (χ1v) is 22.8. The van der Waals surface area contributed by atoms with Crippen molar-refractivity contribution in [3.63, 3.8) is 0 Å². The van der Waals surface area contributed by atoms with Crippen LogP contribution in [0.25, 0.3) is 0 Å². The number of carbonyl (C=O) groups excluding carboxylic acids is 2. The summed E-state index contributed by atoms with van der Waals surface area (Å²) in [5.41, 5.74) is 0.691. The number of hydrogen-bond acceptors (Lipinski definition) is 7. The van der Waals surface area contributed by atoms with E-state index in [9.17, 15) is 24.6 Å². The number of ether oxygens (including phenoxy) is 1. The Labute approximate surface area is 340 Å². The molecule has 0 aliphatic heterocycles. The van der Waals surface area contributed by atoms with Crippen molar-refractivity contribution < 1.29 is 29.3 Å². The highest BCUT2D eigenvalue weighted by Gasteiger charge is 2.71. The molecule has 9 atom stereocenters. The molecule has 8 nitrogen and oxygen atoms in total. The molecule has 6 aliphatic carbocycles.